The number of urea groups is 2. The third-order valence-electron chi connectivity index (χ3n) is 26.5. The van der Waals surface area contributed by atoms with Gasteiger partial charge in [0.25, 0.3) is 0 Å². The number of carbonyl (C=O) groups is 5. The summed E-state index contributed by atoms with van der Waals surface area (Å²) in [6.07, 6.45) is 2.77. The van der Waals surface area contributed by atoms with Crippen molar-refractivity contribution in [2.45, 2.75) is 109 Å². The lowest BCUT2D eigenvalue weighted by molar-refractivity contribution is -0.135. The molecule has 17 aromatic rings. The highest BCUT2D eigenvalue weighted by Crippen LogP contribution is 2.47. The molecule has 0 aliphatic carbocycles. The maximum atomic E-state index is 14.1. The largest absolute Gasteiger partial charge is 0.508 e. The molecular formula is C113H106Cl5F2N13O11. The van der Waals surface area contributed by atoms with Crippen molar-refractivity contribution >= 4 is 154 Å². The van der Waals surface area contributed by atoms with Gasteiger partial charge < -0.3 is 89.7 Å². The number of ether oxygens (including phenoxy) is 5. The summed E-state index contributed by atoms with van der Waals surface area (Å²) in [6.45, 7) is 12.1. The van der Waals surface area contributed by atoms with Crippen LogP contribution in [-0.2, 0) is 46.4 Å². The minimum absolute atomic E-state index is 0.130. The van der Waals surface area contributed by atoms with Crippen LogP contribution in [0.2, 0.25) is 25.1 Å². The summed E-state index contributed by atoms with van der Waals surface area (Å²) in [5.41, 5.74) is 20.9. The number of carbonyl (C=O) groups excluding carboxylic acids is 5. The van der Waals surface area contributed by atoms with Gasteiger partial charge in [0, 0.05) is 170 Å². The zero-order chi connectivity index (χ0) is 101. The number of amides is 7. The number of hydrogen-bond acceptors (Lipinski definition) is 12. The molecule has 0 radical (unpaired) electrons. The molecule has 0 bridgehead atoms. The number of fused-ring (bicyclic) bond motifs is 15. The first-order valence-corrected chi connectivity index (χ1v) is 49.3. The molecule has 0 saturated heterocycles. The number of alkyl carbamates (subject to hydrolysis) is 1. The van der Waals surface area contributed by atoms with E-state index in [9.17, 15) is 37.9 Å². The summed E-state index contributed by atoms with van der Waals surface area (Å²) in [5, 5.41) is 30.9. The third-order valence-corrected chi connectivity index (χ3v) is 27.6. The average molecular weight is 2040 g/mol. The Bertz CT molecular complexity index is 7620. The van der Waals surface area contributed by atoms with Crippen LogP contribution in [0.3, 0.4) is 0 Å². The van der Waals surface area contributed by atoms with E-state index >= 15 is 0 Å². The minimum Gasteiger partial charge on any atom is -0.508 e. The Morgan fingerprint density at radius 1 is 0.417 bits per heavy atom. The number of rotatable bonds is 13. The first-order valence-electron chi connectivity index (χ1n) is 47.4. The third kappa shape index (κ3) is 21.5. The number of benzene rings is 12. The van der Waals surface area contributed by atoms with Gasteiger partial charge >= 0.3 is 24.2 Å². The highest BCUT2D eigenvalue weighted by atomic mass is 35.5. The molecule has 5 aliphatic heterocycles. The van der Waals surface area contributed by atoms with Crippen molar-refractivity contribution in [1.82, 2.24) is 55.2 Å². The number of phenols is 1. The minimum atomic E-state index is -0.726. The summed E-state index contributed by atoms with van der Waals surface area (Å²) >= 11 is 31.1. The highest BCUT2D eigenvalue weighted by Gasteiger charge is 2.42. The second-order valence-electron chi connectivity index (χ2n) is 36.6. The predicted molar refractivity (Wildman–Crippen MR) is 564 cm³/mol. The molecule has 5 unspecified atom stereocenters. The number of aromatic nitrogens is 5. The van der Waals surface area contributed by atoms with Gasteiger partial charge in [-0.25, -0.2) is 28.0 Å². The maximum absolute atomic E-state index is 14.1. The van der Waals surface area contributed by atoms with Crippen molar-refractivity contribution in [2.75, 3.05) is 71.3 Å². The van der Waals surface area contributed by atoms with E-state index in [1.807, 2.05) is 239 Å². The molecule has 738 valence electrons. The Kier molecular flexibility index (Phi) is 29.9. The predicted octanol–water partition coefficient (Wildman–Crippen LogP) is 26.2. The average Bonchev–Trinajstić information content (AvgIpc) is 1.60. The zero-order valence-corrected chi connectivity index (χ0v) is 83.9. The molecule has 0 fully saturated rings. The van der Waals surface area contributed by atoms with Gasteiger partial charge in [0.15, 0.2) is 0 Å². The van der Waals surface area contributed by atoms with Gasteiger partial charge in [-0.1, -0.05) is 155 Å². The van der Waals surface area contributed by atoms with Crippen LogP contribution < -0.4 is 35.5 Å². The molecule has 10 N–H and O–H groups in total. The van der Waals surface area contributed by atoms with Crippen molar-refractivity contribution in [3.63, 3.8) is 0 Å². The van der Waals surface area contributed by atoms with E-state index < -0.39 is 29.4 Å². The van der Waals surface area contributed by atoms with Crippen LogP contribution in [0.15, 0.2) is 267 Å². The normalized spacial score (nSPS) is 16.3. The lowest BCUT2D eigenvalue weighted by atomic mass is 9.92. The van der Waals surface area contributed by atoms with Crippen LogP contribution in [-0.4, -0.2) is 152 Å². The van der Waals surface area contributed by atoms with Crippen LogP contribution in [0.4, 0.5) is 39.3 Å². The second-order valence-corrected chi connectivity index (χ2v) is 38.8. The van der Waals surface area contributed by atoms with Crippen molar-refractivity contribution in [3.05, 3.63) is 388 Å². The molecule has 10 heterocycles. The molecule has 7 amide bonds. The first kappa shape index (κ1) is 99.5. The standard InChI is InChI=1S/C26H24ClN3O3.C25H28ClN3O3.C25H22ClN3O2.C20H19ClN2O3.C17H13ClF2N2/c1-32-19-9-6-16(7-10-19)25-24-21(22-14-17(27)8-11-23(22)29-24)12-13-30(25)26(31)28-18-4-3-5-20(15-18)33-2;1-15(27-24(31)32-25(2,3)4)23(30)29-13-12-18-19-14-17(26)10-11-20(19)28-21(18)22(29)16-8-6-5-7-9-16;1-31-19-10-7-16(8-11-19)24-23-20(21-15-17(26)9-12-22(21)28-23)13-14-29(24)25(30)27-18-5-3-2-4-6-18;1-2-26-20(25)23-9-8-15-16-11-13(21)6-7-17(16)22-18(15)19(23)12-4-3-5-14(24)10-12;18-9-1-4-15-13(7-9)11-5-6-21-16(17(11)22-15)12-3-2-10(19)8-14(12)20/h3-11,14-15,25,29H,12-13H2,1-2H3,(H,28,31);5-11,14-15,22,28H,12-13H2,1-4H3,(H,27,31);2-12,15,24,28H,13-14H2,1H3,(H,27,30);3-7,10-11,19,22,24H,2,8-9H2,1H3;1-4,7-8,16,21-22H,5-6H2/t;15-,22?;;;/m.0.../s1. The smallest absolute Gasteiger partial charge is 0.410 e. The summed E-state index contributed by atoms with van der Waals surface area (Å²) in [4.78, 5) is 89.8. The lowest BCUT2D eigenvalue weighted by Crippen LogP contribution is -2.51. The fraction of sp³-hybridized carbons (Fsp3) is 0.230. The van der Waals surface area contributed by atoms with E-state index in [0.717, 1.165) is 165 Å². The molecule has 12 aromatic carbocycles. The van der Waals surface area contributed by atoms with Crippen LogP contribution in [0.1, 0.15) is 149 Å². The lowest BCUT2D eigenvalue weighted by Gasteiger charge is -2.37. The van der Waals surface area contributed by atoms with E-state index in [1.165, 1.54) is 28.8 Å². The van der Waals surface area contributed by atoms with Crippen molar-refractivity contribution in [1.29, 1.82) is 0 Å². The second kappa shape index (κ2) is 43.3. The molecule has 22 rings (SSSR count). The molecular weight excluding hydrogens is 1930 g/mol. The number of nitrogens with zero attached hydrogens (tertiary/aromatic N) is 4. The van der Waals surface area contributed by atoms with E-state index in [4.69, 9.17) is 81.7 Å². The van der Waals surface area contributed by atoms with Gasteiger partial charge in [-0.15, -0.1) is 0 Å². The van der Waals surface area contributed by atoms with Gasteiger partial charge in [0.1, 0.15) is 52.3 Å². The molecule has 144 heavy (non-hydrogen) atoms. The Balaban J connectivity index is 0.000000119. The first-order chi connectivity index (χ1) is 69.6. The number of hydrogen-bond donors (Lipinski definition) is 10. The molecule has 0 saturated carbocycles. The number of para-hydroxylation sites is 1. The van der Waals surface area contributed by atoms with Gasteiger partial charge in [-0.3, -0.25) is 9.69 Å². The number of nitrogens with one attached hydrogen (secondary N) is 9. The van der Waals surface area contributed by atoms with Crippen molar-refractivity contribution in [2.24, 2.45) is 0 Å². The molecule has 5 aromatic heterocycles. The maximum Gasteiger partial charge on any atom is 0.410 e. The zero-order valence-electron chi connectivity index (χ0n) is 80.1. The van der Waals surface area contributed by atoms with E-state index in [2.05, 4.69) is 46.2 Å². The molecule has 24 nitrogen and oxygen atoms in total. The highest BCUT2D eigenvalue weighted by molar-refractivity contribution is 6.33. The fourth-order valence-electron chi connectivity index (χ4n) is 20.0. The topological polar surface area (TPSA) is 292 Å². The van der Waals surface area contributed by atoms with Crippen molar-refractivity contribution in [3.8, 4) is 23.0 Å². The summed E-state index contributed by atoms with van der Waals surface area (Å²) < 4.78 is 53.8. The Morgan fingerprint density at radius 3 is 1.24 bits per heavy atom. The van der Waals surface area contributed by atoms with E-state index in [1.54, 1.807) is 85.1 Å². The number of halogens is 7. The van der Waals surface area contributed by atoms with Crippen LogP contribution in [0.25, 0.3) is 54.5 Å². The van der Waals surface area contributed by atoms with E-state index in [-0.39, 0.29) is 60.0 Å². The Morgan fingerprint density at radius 2 is 0.806 bits per heavy atom. The molecule has 6 atom stereocenters. The summed E-state index contributed by atoms with van der Waals surface area (Å²) in [5.74, 6) is 1.13. The van der Waals surface area contributed by atoms with Gasteiger partial charge in [0.05, 0.1) is 52.1 Å². The van der Waals surface area contributed by atoms with Gasteiger partial charge in [0.2, 0.25) is 5.91 Å². The Hall–Kier alpha value is -14.6. The van der Waals surface area contributed by atoms with E-state index in [0.29, 0.717) is 87.7 Å². The molecule has 31 heteroatoms. The number of anilines is 2. The number of methoxy groups -OCH3 is 3. The number of phenolic OH excluding ortho intramolecular Hbond substituents is 1. The quantitative estimate of drug-likeness (QED) is 0.0516. The molecule has 0 spiro atoms. The molecule has 5 aliphatic rings. The number of H-pyrrole nitrogens is 5. The van der Waals surface area contributed by atoms with Crippen molar-refractivity contribution < 1.29 is 61.5 Å². The summed E-state index contributed by atoms with van der Waals surface area (Å²) in [6, 6.07) is 79.7. The summed E-state index contributed by atoms with van der Waals surface area (Å²) in [7, 11) is 4.90. The monoisotopic (exact) mass is 2030 g/mol. The van der Waals surface area contributed by atoms with Gasteiger partial charge in [-0.2, -0.15) is 0 Å². The van der Waals surface area contributed by atoms with Crippen LogP contribution >= 0.6 is 58.0 Å². The Labute approximate surface area is 855 Å². The number of aromatic hydroxyl groups is 1. The number of aromatic amines is 5. The fourth-order valence-corrected chi connectivity index (χ4v) is 20.9. The van der Waals surface area contributed by atoms with Gasteiger partial charge in [-0.05, 0) is 275 Å². The van der Waals surface area contributed by atoms with Crippen LogP contribution in [0, 0.1) is 11.6 Å². The SMILES string of the molecule is CCOC(=O)N1CCc2c([nH]c3ccc(Cl)cc23)C1c1cccc(O)c1.COc1ccc(C2c3[nH]c4ccc(Cl)cc4c3CCN2C(=O)Nc2cccc(OC)c2)cc1.COc1ccc(C2c3[nH]c4ccc(Cl)cc4c3CCN2C(=O)Nc2ccccc2)cc1.C[C@H](NC(=O)OC(C)(C)C)C(=O)N1CCc2c([nH]c3ccc(Cl)cc23)C1c1ccccc1.Fc1ccc(C2NCCc3c2[nH]c2ccc(Cl)cc32)c(F)c1. The van der Waals surface area contributed by atoms with Crippen LogP contribution in [0.5, 0.6) is 23.0 Å².